The Morgan fingerprint density at radius 3 is 2.71 bits per heavy atom. The molecule has 1 aromatic rings. The summed E-state index contributed by atoms with van der Waals surface area (Å²) in [4.78, 5) is 13.3. The standard InChI is InChI=1S/C11H17N3OS2/c1-5-4-6(5)14-11-9(16-3)7(12)8(17-11)10(15)13-2/h5-6,14H,4,12H2,1-3H3,(H,13,15). The number of carbonyl (C=O) groups excluding carboxylic acids is 1. The SMILES string of the molecule is CNC(=O)c1sc(NC2CC2C)c(SC)c1N. The van der Waals surface area contributed by atoms with Crippen molar-refractivity contribution in [1.82, 2.24) is 5.32 Å². The quantitative estimate of drug-likeness (QED) is 0.735. The smallest absolute Gasteiger partial charge is 0.263 e. The van der Waals surface area contributed by atoms with E-state index in [9.17, 15) is 4.79 Å². The molecule has 1 saturated carbocycles. The van der Waals surface area contributed by atoms with Crippen molar-refractivity contribution in [2.24, 2.45) is 5.92 Å². The molecule has 1 heterocycles. The maximum Gasteiger partial charge on any atom is 0.263 e. The number of carbonyl (C=O) groups is 1. The Hall–Kier alpha value is -0.880. The molecule has 4 N–H and O–H groups in total. The molecule has 1 aliphatic carbocycles. The second-order valence-corrected chi connectivity index (χ2v) is 6.09. The molecule has 0 aromatic carbocycles. The Bertz CT molecular complexity index is 444. The van der Waals surface area contributed by atoms with Crippen LogP contribution in [0.1, 0.15) is 23.0 Å². The van der Waals surface area contributed by atoms with E-state index in [4.69, 9.17) is 5.73 Å². The van der Waals surface area contributed by atoms with E-state index >= 15 is 0 Å². The molecule has 6 heteroatoms. The number of nitrogens with one attached hydrogen (secondary N) is 2. The van der Waals surface area contributed by atoms with Gasteiger partial charge in [0, 0.05) is 13.1 Å². The van der Waals surface area contributed by atoms with Gasteiger partial charge in [-0.1, -0.05) is 6.92 Å². The van der Waals surface area contributed by atoms with Gasteiger partial charge in [0.25, 0.3) is 5.91 Å². The summed E-state index contributed by atoms with van der Waals surface area (Å²) in [6, 6.07) is 0.538. The van der Waals surface area contributed by atoms with Gasteiger partial charge in [0.1, 0.15) is 9.88 Å². The zero-order chi connectivity index (χ0) is 12.6. The molecular formula is C11H17N3OS2. The lowest BCUT2D eigenvalue weighted by molar-refractivity contribution is 0.0968. The highest BCUT2D eigenvalue weighted by atomic mass is 32.2. The molecule has 17 heavy (non-hydrogen) atoms. The highest BCUT2D eigenvalue weighted by Crippen LogP contribution is 2.44. The first-order valence-electron chi connectivity index (χ1n) is 5.53. The van der Waals surface area contributed by atoms with Crippen LogP contribution in [-0.4, -0.2) is 25.3 Å². The van der Waals surface area contributed by atoms with Crippen LogP contribution < -0.4 is 16.4 Å². The summed E-state index contributed by atoms with van der Waals surface area (Å²) < 4.78 is 0. The van der Waals surface area contributed by atoms with Crippen LogP contribution in [0.25, 0.3) is 0 Å². The van der Waals surface area contributed by atoms with Crippen LogP contribution in [0.3, 0.4) is 0 Å². The topological polar surface area (TPSA) is 67.2 Å². The third kappa shape index (κ3) is 2.37. The first-order valence-corrected chi connectivity index (χ1v) is 7.57. The van der Waals surface area contributed by atoms with Crippen molar-refractivity contribution < 1.29 is 4.79 Å². The molecule has 2 unspecified atom stereocenters. The number of rotatable bonds is 4. The van der Waals surface area contributed by atoms with E-state index in [2.05, 4.69) is 17.6 Å². The van der Waals surface area contributed by atoms with E-state index in [1.54, 1.807) is 18.8 Å². The number of nitrogens with two attached hydrogens (primary N) is 1. The van der Waals surface area contributed by atoms with Crippen LogP contribution in [-0.2, 0) is 0 Å². The Kier molecular flexibility index (Phi) is 3.53. The van der Waals surface area contributed by atoms with Crippen LogP contribution in [0.2, 0.25) is 0 Å². The molecular weight excluding hydrogens is 254 g/mol. The van der Waals surface area contributed by atoms with Crippen LogP contribution in [0.5, 0.6) is 0 Å². The molecule has 1 fully saturated rings. The van der Waals surface area contributed by atoms with Crippen LogP contribution in [0.15, 0.2) is 4.90 Å². The van der Waals surface area contributed by atoms with Gasteiger partial charge in [-0.3, -0.25) is 4.79 Å². The molecule has 0 saturated heterocycles. The zero-order valence-corrected chi connectivity index (χ0v) is 11.8. The second kappa shape index (κ2) is 4.78. The summed E-state index contributed by atoms with van der Waals surface area (Å²) in [5, 5.41) is 7.11. The molecule has 4 nitrogen and oxygen atoms in total. The minimum absolute atomic E-state index is 0.111. The molecule has 0 bridgehead atoms. The van der Waals surface area contributed by atoms with Crippen LogP contribution >= 0.6 is 23.1 Å². The number of thiophene rings is 1. The molecule has 2 atom stereocenters. The summed E-state index contributed by atoms with van der Waals surface area (Å²) in [6.07, 6.45) is 3.18. The highest BCUT2D eigenvalue weighted by Gasteiger charge is 2.34. The lowest BCUT2D eigenvalue weighted by atomic mass is 10.3. The number of anilines is 2. The maximum atomic E-state index is 11.7. The van der Waals surface area contributed by atoms with Gasteiger partial charge in [-0.05, 0) is 18.6 Å². The van der Waals surface area contributed by atoms with Gasteiger partial charge in [-0.15, -0.1) is 23.1 Å². The molecule has 0 spiro atoms. The van der Waals surface area contributed by atoms with Crippen molar-refractivity contribution >= 4 is 39.7 Å². The van der Waals surface area contributed by atoms with Crippen molar-refractivity contribution in [1.29, 1.82) is 0 Å². The van der Waals surface area contributed by atoms with Gasteiger partial charge in [0.2, 0.25) is 0 Å². The molecule has 0 aliphatic heterocycles. The summed E-state index contributed by atoms with van der Waals surface area (Å²) in [5.74, 6) is 0.608. The average molecular weight is 271 g/mol. The van der Waals surface area contributed by atoms with Crippen molar-refractivity contribution in [3.05, 3.63) is 4.88 Å². The molecule has 1 aromatic heterocycles. The Balaban J connectivity index is 2.27. The first-order chi connectivity index (χ1) is 8.08. The molecule has 0 radical (unpaired) electrons. The minimum atomic E-state index is -0.111. The minimum Gasteiger partial charge on any atom is -0.396 e. The summed E-state index contributed by atoms with van der Waals surface area (Å²) in [7, 11) is 1.62. The van der Waals surface area contributed by atoms with Crippen LogP contribution in [0.4, 0.5) is 10.7 Å². The van der Waals surface area contributed by atoms with E-state index in [1.165, 1.54) is 17.8 Å². The third-order valence-electron chi connectivity index (χ3n) is 2.96. The fourth-order valence-corrected chi connectivity index (χ4v) is 3.73. The molecule has 2 rings (SSSR count). The fourth-order valence-electron chi connectivity index (χ4n) is 1.70. The fraction of sp³-hybridized carbons (Fsp3) is 0.545. The number of hydrogen-bond acceptors (Lipinski definition) is 5. The van der Waals surface area contributed by atoms with Gasteiger partial charge < -0.3 is 16.4 Å². The highest BCUT2D eigenvalue weighted by molar-refractivity contribution is 7.99. The van der Waals surface area contributed by atoms with Gasteiger partial charge >= 0.3 is 0 Å². The van der Waals surface area contributed by atoms with Crippen molar-refractivity contribution in [2.45, 2.75) is 24.3 Å². The lowest BCUT2D eigenvalue weighted by Crippen LogP contribution is -2.17. The summed E-state index contributed by atoms with van der Waals surface area (Å²) >= 11 is 3.03. The number of nitrogen functional groups attached to an aromatic ring is 1. The van der Waals surface area contributed by atoms with E-state index in [0.29, 0.717) is 16.6 Å². The zero-order valence-electron chi connectivity index (χ0n) is 10.2. The van der Waals surface area contributed by atoms with Crippen LogP contribution in [0, 0.1) is 5.92 Å². The van der Waals surface area contributed by atoms with Gasteiger partial charge in [0.15, 0.2) is 0 Å². The average Bonchev–Trinajstić information content (AvgIpc) is 2.90. The van der Waals surface area contributed by atoms with E-state index in [1.807, 2.05) is 6.26 Å². The van der Waals surface area contributed by atoms with Crippen molar-refractivity contribution in [3.8, 4) is 0 Å². The third-order valence-corrected chi connectivity index (χ3v) is 5.06. The number of thioether (sulfide) groups is 1. The molecule has 1 aliphatic rings. The Labute approximate surface area is 109 Å². The van der Waals surface area contributed by atoms with Crippen molar-refractivity contribution in [2.75, 3.05) is 24.4 Å². The first kappa shape index (κ1) is 12.6. The van der Waals surface area contributed by atoms with Gasteiger partial charge in [-0.25, -0.2) is 0 Å². The number of hydrogen-bond donors (Lipinski definition) is 3. The maximum absolute atomic E-state index is 11.7. The predicted octanol–water partition coefficient (Wildman–Crippen LogP) is 2.23. The summed E-state index contributed by atoms with van der Waals surface area (Å²) in [5.41, 5.74) is 6.61. The van der Waals surface area contributed by atoms with E-state index < -0.39 is 0 Å². The lowest BCUT2D eigenvalue weighted by Gasteiger charge is -2.04. The molecule has 94 valence electrons. The van der Waals surface area contributed by atoms with Gasteiger partial charge in [-0.2, -0.15) is 0 Å². The van der Waals surface area contributed by atoms with Gasteiger partial charge in [0.05, 0.1) is 10.6 Å². The summed E-state index contributed by atoms with van der Waals surface area (Å²) in [6.45, 7) is 2.22. The normalized spacial score (nSPS) is 22.3. The largest absolute Gasteiger partial charge is 0.396 e. The Morgan fingerprint density at radius 2 is 2.24 bits per heavy atom. The Morgan fingerprint density at radius 1 is 1.59 bits per heavy atom. The monoisotopic (exact) mass is 271 g/mol. The predicted molar refractivity (Wildman–Crippen MR) is 75.1 cm³/mol. The van der Waals surface area contributed by atoms with E-state index in [-0.39, 0.29) is 5.91 Å². The van der Waals surface area contributed by atoms with E-state index in [0.717, 1.165) is 15.8 Å². The molecule has 1 amide bonds. The second-order valence-electron chi connectivity index (χ2n) is 4.25. The number of amides is 1. The van der Waals surface area contributed by atoms with Crippen molar-refractivity contribution in [3.63, 3.8) is 0 Å².